The Morgan fingerprint density at radius 2 is 1.96 bits per heavy atom. The number of anilines is 1. The van der Waals surface area contributed by atoms with Crippen molar-refractivity contribution in [2.45, 2.75) is 0 Å². The van der Waals surface area contributed by atoms with Gasteiger partial charge in [0.15, 0.2) is 5.65 Å². The molecular formula is C16H10Cl2N6O. The van der Waals surface area contributed by atoms with Crippen molar-refractivity contribution in [3.05, 3.63) is 64.7 Å². The van der Waals surface area contributed by atoms with Crippen molar-refractivity contribution in [2.75, 3.05) is 5.32 Å². The van der Waals surface area contributed by atoms with E-state index in [0.717, 1.165) is 0 Å². The van der Waals surface area contributed by atoms with Crippen LogP contribution in [0.5, 0.6) is 0 Å². The fraction of sp³-hybridized carbons (Fsp3) is 0. The molecule has 0 spiro atoms. The molecule has 0 saturated heterocycles. The van der Waals surface area contributed by atoms with Gasteiger partial charge in [-0.3, -0.25) is 9.89 Å². The van der Waals surface area contributed by atoms with E-state index < -0.39 is 0 Å². The number of hydrogen-bond donors (Lipinski definition) is 2. The van der Waals surface area contributed by atoms with E-state index in [1.807, 2.05) is 0 Å². The van der Waals surface area contributed by atoms with Gasteiger partial charge < -0.3 is 5.32 Å². The van der Waals surface area contributed by atoms with E-state index >= 15 is 0 Å². The molecule has 7 nitrogen and oxygen atoms in total. The Morgan fingerprint density at radius 1 is 1.16 bits per heavy atom. The number of fused-ring (bicyclic) bond motifs is 1. The summed E-state index contributed by atoms with van der Waals surface area (Å²) in [6.07, 6.45) is 6.30. The smallest absolute Gasteiger partial charge is 0.261 e. The maximum atomic E-state index is 12.6. The van der Waals surface area contributed by atoms with Crippen LogP contribution in [0.15, 0.2) is 49.1 Å². The van der Waals surface area contributed by atoms with Gasteiger partial charge in [-0.15, -0.1) is 0 Å². The molecule has 0 atom stereocenters. The van der Waals surface area contributed by atoms with E-state index in [4.69, 9.17) is 23.2 Å². The van der Waals surface area contributed by atoms with Crippen molar-refractivity contribution in [3.63, 3.8) is 0 Å². The van der Waals surface area contributed by atoms with Crippen molar-refractivity contribution in [1.82, 2.24) is 24.8 Å². The Morgan fingerprint density at radius 3 is 2.76 bits per heavy atom. The maximum absolute atomic E-state index is 12.6. The molecule has 124 valence electrons. The predicted octanol–water partition coefficient (Wildman–Crippen LogP) is 3.68. The normalized spacial score (nSPS) is 11.0. The number of halogens is 2. The first-order chi connectivity index (χ1) is 12.1. The summed E-state index contributed by atoms with van der Waals surface area (Å²) in [7, 11) is 0. The average molecular weight is 373 g/mol. The largest absolute Gasteiger partial charge is 0.319 e. The Kier molecular flexibility index (Phi) is 3.87. The number of H-pyrrole nitrogens is 1. The number of carbonyl (C=O) groups excluding carboxylic acids is 1. The zero-order valence-corrected chi connectivity index (χ0v) is 14.1. The van der Waals surface area contributed by atoms with Gasteiger partial charge in [-0.1, -0.05) is 23.2 Å². The summed E-state index contributed by atoms with van der Waals surface area (Å²) in [5.74, 6) is -0.343. The molecule has 3 heterocycles. The van der Waals surface area contributed by atoms with Crippen LogP contribution in [-0.4, -0.2) is 30.7 Å². The molecule has 9 heteroatoms. The molecule has 0 aliphatic rings. The highest BCUT2D eigenvalue weighted by molar-refractivity contribution is 6.35. The SMILES string of the molecule is O=C(Nc1cn[nH]c1-c1cc(Cl)cc(Cl)c1)c1cnn2cccnc12. The van der Waals surface area contributed by atoms with Gasteiger partial charge in [0.05, 0.1) is 23.8 Å². The number of rotatable bonds is 3. The third kappa shape index (κ3) is 2.95. The molecule has 4 aromatic rings. The van der Waals surface area contributed by atoms with Crippen molar-refractivity contribution in [2.24, 2.45) is 0 Å². The van der Waals surface area contributed by atoms with Crippen LogP contribution < -0.4 is 5.32 Å². The standard InChI is InChI=1S/C16H10Cl2N6O/c17-10-4-9(5-11(18)6-10)14-13(8-20-23-14)22-16(25)12-7-21-24-3-1-2-19-15(12)24/h1-8H,(H,20,23)(H,22,25). The molecular weight excluding hydrogens is 363 g/mol. The predicted molar refractivity (Wildman–Crippen MR) is 95.0 cm³/mol. The van der Waals surface area contributed by atoms with Crippen LogP contribution in [0.2, 0.25) is 10.0 Å². The van der Waals surface area contributed by atoms with Crippen LogP contribution >= 0.6 is 23.2 Å². The summed E-state index contributed by atoms with van der Waals surface area (Å²) in [5.41, 5.74) is 2.64. The maximum Gasteiger partial charge on any atom is 0.261 e. The van der Waals surface area contributed by atoms with E-state index in [9.17, 15) is 4.79 Å². The summed E-state index contributed by atoms with van der Waals surface area (Å²) < 4.78 is 1.53. The van der Waals surface area contributed by atoms with Gasteiger partial charge in [-0.2, -0.15) is 10.2 Å². The molecule has 2 N–H and O–H groups in total. The fourth-order valence-corrected chi connectivity index (χ4v) is 3.00. The number of nitrogens with zero attached hydrogens (tertiary/aromatic N) is 4. The van der Waals surface area contributed by atoms with Crippen molar-refractivity contribution < 1.29 is 4.79 Å². The first-order valence-electron chi connectivity index (χ1n) is 7.21. The van der Waals surface area contributed by atoms with Crippen LogP contribution in [0.3, 0.4) is 0 Å². The van der Waals surface area contributed by atoms with Gasteiger partial charge in [-0.05, 0) is 24.3 Å². The van der Waals surface area contributed by atoms with Crippen LogP contribution in [0.4, 0.5) is 5.69 Å². The van der Waals surface area contributed by atoms with Crippen LogP contribution in [0.25, 0.3) is 16.9 Å². The van der Waals surface area contributed by atoms with Crippen molar-refractivity contribution in [3.8, 4) is 11.3 Å². The molecule has 0 fully saturated rings. The number of benzene rings is 1. The van der Waals surface area contributed by atoms with Gasteiger partial charge in [0.25, 0.3) is 5.91 Å². The second-order valence-corrected chi connectivity index (χ2v) is 6.09. The molecule has 0 aliphatic heterocycles. The van der Waals surface area contributed by atoms with Gasteiger partial charge in [0, 0.05) is 28.0 Å². The Balaban J connectivity index is 1.68. The first kappa shape index (κ1) is 15.6. The average Bonchev–Trinajstić information content (AvgIpc) is 3.20. The Hall–Kier alpha value is -2.90. The minimum Gasteiger partial charge on any atom is -0.319 e. The summed E-state index contributed by atoms with van der Waals surface area (Å²) in [5, 5.41) is 14.7. The van der Waals surface area contributed by atoms with E-state index in [0.29, 0.717) is 38.2 Å². The van der Waals surface area contributed by atoms with Crippen LogP contribution in [0, 0.1) is 0 Å². The number of aromatic amines is 1. The lowest BCUT2D eigenvalue weighted by Crippen LogP contribution is -2.12. The van der Waals surface area contributed by atoms with E-state index in [1.54, 1.807) is 36.7 Å². The van der Waals surface area contributed by atoms with Gasteiger partial charge >= 0.3 is 0 Å². The highest BCUT2D eigenvalue weighted by Crippen LogP contribution is 2.30. The fourth-order valence-electron chi connectivity index (χ4n) is 2.48. The third-order valence-electron chi connectivity index (χ3n) is 3.56. The number of nitrogens with one attached hydrogen (secondary N) is 2. The van der Waals surface area contributed by atoms with E-state index in [2.05, 4.69) is 25.6 Å². The monoisotopic (exact) mass is 372 g/mol. The van der Waals surface area contributed by atoms with E-state index in [1.165, 1.54) is 16.9 Å². The highest BCUT2D eigenvalue weighted by atomic mass is 35.5. The summed E-state index contributed by atoms with van der Waals surface area (Å²) in [6, 6.07) is 6.83. The Bertz CT molecular complexity index is 1070. The molecule has 1 amide bonds. The molecule has 0 radical (unpaired) electrons. The zero-order valence-electron chi connectivity index (χ0n) is 12.6. The van der Waals surface area contributed by atoms with Gasteiger partial charge in [0.1, 0.15) is 5.56 Å². The number of hydrogen-bond acceptors (Lipinski definition) is 4. The lowest BCUT2D eigenvalue weighted by Gasteiger charge is -2.06. The molecule has 0 aliphatic carbocycles. The van der Waals surface area contributed by atoms with Crippen LogP contribution in [-0.2, 0) is 0 Å². The van der Waals surface area contributed by atoms with Crippen molar-refractivity contribution in [1.29, 1.82) is 0 Å². The van der Waals surface area contributed by atoms with Gasteiger partial charge in [0.2, 0.25) is 0 Å². The third-order valence-corrected chi connectivity index (χ3v) is 4.00. The lowest BCUT2D eigenvalue weighted by molar-refractivity contribution is 0.102. The zero-order chi connectivity index (χ0) is 17.4. The molecule has 3 aromatic heterocycles. The minimum absolute atomic E-state index is 0.343. The summed E-state index contributed by atoms with van der Waals surface area (Å²) >= 11 is 12.1. The summed E-state index contributed by atoms with van der Waals surface area (Å²) in [4.78, 5) is 16.8. The number of aromatic nitrogens is 5. The molecule has 0 bridgehead atoms. The molecule has 0 unspecified atom stereocenters. The van der Waals surface area contributed by atoms with E-state index in [-0.39, 0.29) is 5.91 Å². The highest BCUT2D eigenvalue weighted by Gasteiger charge is 2.17. The lowest BCUT2D eigenvalue weighted by atomic mass is 10.1. The quantitative estimate of drug-likeness (QED) is 0.574. The van der Waals surface area contributed by atoms with Gasteiger partial charge in [-0.25, -0.2) is 9.50 Å². The number of amides is 1. The second kappa shape index (κ2) is 6.19. The van der Waals surface area contributed by atoms with Crippen LogP contribution in [0.1, 0.15) is 10.4 Å². The number of carbonyl (C=O) groups is 1. The topological polar surface area (TPSA) is 88.0 Å². The molecule has 4 rings (SSSR count). The molecule has 25 heavy (non-hydrogen) atoms. The first-order valence-corrected chi connectivity index (χ1v) is 7.97. The van der Waals surface area contributed by atoms with Crippen molar-refractivity contribution >= 4 is 40.4 Å². The summed E-state index contributed by atoms with van der Waals surface area (Å²) in [6.45, 7) is 0. The molecule has 1 aromatic carbocycles. The Labute approximate surface area is 151 Å². The minimum atomic E-state index is -0.343. The molecule has 0 saturated carbocycles. The second-order valence-electron chi connectivity index (χ2n) is 5.22.